The Morgan fingerprint density at radius 3 is 1.45 bits per heavy atom. The summed E-state index contributed by atoms with van der Waals surface area (Å²) >= 11 is 3.68. The molecule has 4 aromatic heterocycles. The summed E-state index contributed by atoms with van der Waals surface area (Å²) in [4.78, 5) is 14.1. The Labute approximate surface area is 276 Å². The van der Waals surface area contributed by atoms with E-state index in [1.54, 1.807) is 0 Å². The molecule has 0 unspecified atom stereocenters. The van der Waals surface area contributed by atoms with Crippen molar-refractivity contribution < 1.29 is 0 Å². The van der Waals surface area contributed by atoms with Crippen LogP contribution in [0, 0.1) is 0 Å². The first-order chi connectivity index (χ1) is 23.2. The minimum Gasteiger partial charge on any atom is -0.275 e. The summed E-state index contributed by atoms with van der Waals surface area (Å²) in [6.45, 7) is 0. The lowest BCUT2D eigenvalue weighted by molar-refractivity contribution is 1.21. The fourth-order valence-electron chi connectivity index (χ4n) is 7.75. The monoisotopic (exact) mass is 633 g/mol. The van der Waals surface area contributed by atoms with Gasteiger partial charge in [0.15, 0.2) is 0 Å². The molecule has 0 atom stereocenters. The van der Waals surface area contributed by atoms with Gasteiger partial charge < -0.3 is 0 Å². The topological polar surface area (TPSA) is 21.5 Å². The summed E-state index contributed by atoms with van der Waals surface area (Å²) in [7, 11) is 0. The van der Waals surface area contributed by atoms with Crippen molar-refractivity contribution in [2.75, 3.05) is 0 Å². The molecule has 0 fully saturated rings. The quantitative estimate of drug-likeness (QED) is 0.174. The fraction of sp³-hybridized carbons (Fsp3) is 0. The zero-order chi connectivity index (χ0) is 30.8. The molecular formula is C43H23NOS2. The van der Waals surface area contributed by atoms with Gasteiger partial charge in [-0.2, -0.15) is 0 Å². The van der Waals surface area contributed by atoms with Crippen LogP contribution in [0.25, 0.3) is 101 Å². The molecule has 4 heterocycles. The van der Waals surface area contributed by atoms with Crippen molar-refractivity contribution in [1.82, 2.24) is 4.40 Å². The summed E-state index contributed by atoms with van der Waals surface area (Å²) in [5, 5.41) is 10.2. The number of nitrogens with zero attached hydrogens (tertiary/aromatic N) is 1. The highest BCUT2D eigenvalue weighted by molar-refractivity contribution is 7.26. The van der Waals surface area contributed by atoms with E-state index >= 15 is 0 Å². The Kier molecular flexibility index (Phi) is 5.05. The van der Waals surface area contributed by atoms with Crippen LogP contribution in [0.15, 0.2) is 144 Å². The third-order valence-electron chi connectivity index (χ3n) is 9.93. The highest BCUT2D eigenvalue weighted by Crippen LogP contribution is 2.42. The Morgan fingerprint density at radius 2 is 0.809 bits per heavy atom. The smallest absolute Gasteiger partial charge is 0.263 e. The minimum atomic E-state index is 0.0333. The molecular weight excluding hydrogens is 611 g/mol. The molecule has 0 radical (unpaired) electrons. The second-order valence-electron chi connectivity index (χ2n) is 12.5. The standard InChI is InChI=1S/C43H23NOS2/c45-43-31-10-2-1-7-28(31)35-22-27(26-15-18-41-34(21-26)30-9-4-6-12-39(30)47-41)23-36-32-19-24(13-16-37(32)44(43)42(35)36)25-14-17-40-33(20-25)29-8-3-5-11-38(29)46-40/h1-23H. The molecule has 2 nitrogen and oxygen atoms in total. The molecule has 11 aromatic rings. The molecule has 0 aliphatic rings. The van der Waals surface area contributed by atoms with Crippen molar-refractivity contribution >= 4 is 101 Å². The van der Waals surface area contributed by atoms with Crippen molar-refractivity contribution in [3.8, 4) is 22.3 Å². The van der Waals surface area contributed by atoms with Crippen molar-refractivity contribution in [2.45, 2.75) is 0 Å². The number of pyridine rings is 1. The second kappa shape index (κ2) is 9.26. The summed E-state index contributed by atoms with van der Waals surface area (Å²) in [6.07, 6.45) is 0. The van der Waals surface area contributed by atoms with E-state index in [-0.39, 0.29) is 5.56 Å². The zero-order valence-electron chi connectivity index (χ0n) is 25.0. The van der Waals surface area contributed by atoms with Gasteiger partial charge in [0, 0.05) is 61.9 Å². The van der Waals surface area contributed by atoms with Crippen molar-refractivity contribution in [2.24, 2.45) is 0 Å². The summed E-state index contributed by atoms with van der Waals surface area (Å²) in [5.41, 5.74) is 6.64. The number of thiophene rings is 2. The average Bonchev–Trinajstić information content (AvgIpc) is 3.79. The Morgan fingerprint density at radius 1 is 0.362 bits per heavy atom. The van der Waals surface area contributed by atoms with E-state index in [2.05, 4.69) is 121 Å². The van der Waals surface area contributed by atoms with E-state index in [0.717, 1.165) is 49.1 Å². The maximum Gasteiger partial charge on any atom is 0.263 e. The molecule has 218 valence electrons. The number of rotatable bonds is 2. The van der Waals surface area contributed by atoms with Gasteiger partial charge in [-0.3, -0.25) is 9.20 Å². The minimum absolute atomic E-state index is 0.0333. The maximum absolute atomic E-state index is 14.1. The first-order valence-corrected chi connectivity index (χ1v) is 17.4. The van der Waals surface area contributed by atoms with Gasteiger partial charge in [-0.05, 0) is 94.4 Å². The van der Waals surface area contributed by atoms with Crippen LogP contribution < -0.4 is 5.56 Å². The van der Waals surface area contributed by atoms with Gasteiger partial charge in [0.1, 0.15) is 0 Å². The summed E-state index contributed by atoms with van der Waals surface area (Å²) in [5.74, 6) is 0. The molecule has 0 aliphatic heterocycles. The number of hydrogen-bond acceptors (Lipinski definition) is 3. The predicted octanol–water partition coefficient (Wildman–Crippen LogP) is 12.3. The van der Waals surface area contributed by atoms with E-state index in [9.17, 15) is 4.79 Å². The van der Waals surface area contributed by atoms with Crippen LogP contribution in [0.3, 0.4) is 0 Å². The Bertz CT molecular complexity index is 3160. The molecule has 0 N–H and O–H groups in total. The molecule has 4 heteroatoms. The van der Waals surface area contributed by atoms with Gasteiger partial charge in [-0.25, -0.2) is 0 Å². The van der Waals surface area contributed by atoms with Crippen molar-refractivity contribution in [3.05, 3.63) is 150 Å². The first kappa shape index (κ1) is 25.6. The average molecular weight is 634 g/mol. The number of aromatic nitrogens is 1. The molecule has 11 rings (SSSR count). The van der Waals surface area contributed by atoms with Crippen LogP contribution in [0.2, 0.25) is 0 Å². The number of hydrogen-bond donors (Lipinski definition) is 0. The normalized spacial score (nSPS) is 12.3. The summed E-state index contributed by atoms with van der Waals surface area (Å²) < 4.78 is 7.16. The zero-order valence-corrected chi connectivity index (χ0v) is 26.6. The van der Waals surface area contributed by atoms with Crippen LogP contribution in [-0.2, 0) is 0 Å². The van der Waals surface area contributed by atoms with E-state index in [1.165, 1.54) is 51.5 Å². The van der Waals surface area contributed by atoms with Crippen molar-refractivity contribution in [3.63, 3.8) is 0 Å². The predicted molar refractivity (Wildman–Crippen MR) is 204 cm³/mol. The third kappa shape index (κ3) is 3.51. The Balaban J connectivity index is 1.22. The molecule has 47 heavy (non-hydrogen) atoms. The van der Waals surface area contributed by atoms with Crippen LogP contribution in [0.1, 0.15) is 0 Å². The van der Waals surface area contributed by atoms with E-state index in [0.29, 0.717) is 0 Å². The molecule has 0 spiro atoms. The van der Waals surface area contributed by atoms with Gasteiger partial charge in [0.05, 0.1) is 11.0 Å². The van der Waals surface area contributed by atoms with Gasteiger partial charge in [-0.1, -0.05) is 72.8 Å². The van der Waals surface area contributed by atoms with Crippen LogP contribution in [0.5, 0.6) is 0 Å². The molecule has 7 aromatic carbocycles. The molecule has 0 amide bonds. The van der Waals surface area contributed by atoms with Gasteiger partial charge in [0.2, 0.25) is 0 Å². The summed E-state index contributed by atoms with van der Waals surface area (Å²) in [6, 6.07) is 50.2. The molecule has 0 bridgehead atoms. The first-order valence-electron chi connectivity index (χ1n) is 15.8. The largest absolute Gasteiger partial charge is 0.275 e. The lowest BCUT2D eigenvalue weighted by Crippen LogP contribution is -2.12. The van der Waals surface area contributed by atoms with Crippen LogP contribution >= 0.6 is 22.7 Å². The van der Waals surface area contributed by atoms with E-state index in [1.807, 2.05) is 45.3 Å². The van der Waals surface area contributed by atoms with E-state index in [4.69, 9.17) is 0 Å². The third-order valence-corrected chi connectivity index (χ3v) is 12.2. The lowest BCUT2D eigenvalue weighted by Gasteiger charge is -2.10. The van der Waals surface area contributed by atoms with Crippen LogP contribution in [-0.4, -0.2) is 4.40 Å². The van der Waals surface area contributed by atoms with Gasteiger partial charge in [-0.15, -0.1) is 22.7 Å². The number of benzene rings is 7. The second-order valence-corrected chi connectivity index (χ2v) is 14.6. The molecule has 0 saturated carbocycles. The molecule has 0 saturated heterocycles. The van der Waals surface area contributed by atoms with Crippen molar-refractivity contribution in [1.29, 1.82) is 0 Å². The lowest BCUT2D eigenvalue weighted by atomic mass is 9.96. The highest BCUT2D eigenvalue weighted by atomic mass is 32.1. The van der Waals surface area contributed by atoms with Crippen LogP contribution in [0.4, 0.5) is 0 Å². The van der Waals surface area contributed by atoms with E-state index < -0.39 is 0 Å². The van der Waals surface area contributed by atoms with Gasteiger partial charge >= 0.3 is 0 Å². The molecule has 0 aliphatic carbocycles. The SMILES string of the molecule is O=c1c2ccccc2c2cc(-c3ccc4sc5ccccc5c4c3)cc3c4cc(-c5ccc6sc7ccccc7c6c5)ccc4n1c23. The van der Waals surface area contributed by atoms with Gasteiger partial charge in [0.25, 0.3) is 5.56 Å². The maximum atomic E-state index is 14.1. The number of fused-ring (bicyclic) bond motifs is 11. The highest BCUT2D eigenvalue weighted by Gasteiger charge is 2.20. The Hall–Kier alpha value is -5.55. The fourth-order valence-corrected chi connectivity index (χ4v) is 9.92.